The predicted molar refractivity (Wildman–Crippen MR) is 81.7 cm³/mol. The van der Waals surface area contributed by atoms with Crippen LogP contribution in [0.3, 0.4) is 0 Å². The van der Waals surface area contributed by atoms with Crippen LogP contribution in [0.1, 0.15) is 10.4 Å². The summed E-state index contributed by atoms with van der Waals surface area (Å²) in [6, 6.07) is 2.56. The van der Waals surface area contributed by atoms with E-state index in [1.807, 2.05) is 0 Å². The fraction of sp³-hybridized carbons (Fsp3) is 0.250. The van der Waals surface area contributed by atoms with E-state index in [1.165, 1.54) is 0 Å². The van der Waals surface area contributed by atoms with Crippen LogP contribution >= 0.6 is 11.8 Å². The summed E-state index contributed by atoms with van der Waals surface area (Å²) in [6.07, 6.45) is 0. The number of nitrogens with zero attached hydrogens (tertiary/aromatic N) is 3. The van der Waals surface area contributed by atoms with Gasteiger partial charge in [0.2, 0.25) is 5.91 Å². The molecular weight excluding hydrogens is 344 g/mol. The van der Waals surface area contributed by atoms with Crippen LogP contribution in [-0.2, 0) is 4.79 Å². The minimum Gasteiger partial charge on any atom is -0.350 e. The third-order valence-electron chi connectivity index (χ3n) is 3.05. The molecule has 0 aromatic heterocycles. The van der Waals surface area contributed by atoms with E-state index in [1.54, 1.807) is 0 Å². The first kappa shape index (κ1) is 17.3. The van der Waals surface area contributed by atoms with Crippen molar-refractivity contribution in [1.29, 1.82) is 0 Å². The van der Waals surface area contributed by atoms with Crippen LogP contribution in [0.15, 0.2) is 18.2 Å². The Morgan fingerprint density at radius 3 is 2.21 bits per heavy atom. The molecular formula is C12H10N4O7S. The van der Waals surface area contributed by atoms with Crippen molar-refractivity contribution in [2.24, 2.45) is 0 Å². The molecule has 1 aliphatic rings. The van der Waals surface area contributed by atoms with Crippen LogP contribution in [-0.4, -0.2) is 50.6 Å². The lowest BCUT2D eigenvalue weighted by atomic mass is 10.1. The van der Waals surface area contributed by atoms with Gasteiger partial charge < -0.3 is 5.32 Å². The van der Waals surface area contributed by atoms with Gasteiger partial charge in [0.25, 0.3) is 22.5 Å². The first-order chi connectivity index (χ1) is 11.3. The lowest BCUT2D eigenvalue weighted by Gasteiger charge is -2.13. The summed E-state index contributed by atoms with van der Waals surface area (Å²) in [5.41, 5.74) is -1.43. The Kier molecular flexibility index (Phi) is 5.08. The number of imide groups is 1. The highest BCUT2D eigenvalue weighted by Crippen LogP contribution is 2.22. The average molecular weight is 354 g/mol. The zero-order valence-corrected chi connectivity index (χ0v) is 12.8. The number of nitro benzene ring substituents is 2. The fourth-order valence-electron chi connectivity index (χ4n) is 1.92. The van der Waals surface area contributed by atoms with Gasteiger partial charge in [0.05, 0.1) is 27.2 Å². The van der Waals surface area contributed by atoms with E-state index in [2.05, 4.69) is 5.32 Å². The number of nitrogens with one attached hydrogen (secondary N) is 1. The van der Waals surface area contributed by atoms with Crippen LogP contribution < -0.4 is 5.32 Å². The average Bonchev–Trinajstić information content (AvgIpc) is 2.86. The third-order valence-corrected chi connectivity index (χ3v) is 3.91. The monoisotopic (exact) mass is 354 g/mol. The van der Waals surface area contributed by atoms with Crippen LogP contribution in [0.2, 0.25) is 0 Å². The van der Waals surface area contributed by atoms with Gasteiger partial charge in [-0.25, -0.2) is 0 Å². The minimum atomic E-state index is -0.845. The number of carbonyl (C=O) groups is 3. The maximum Gasteiger partial charge on any atom is 0.288 e. The molecule has 1 aromatic carbocycles. The highest BCUT2D eigenvalue weighted by Gasteiger charge is 2.29. The lowest BCUT2D eigenvalue weighted by Crippen LogP contribution is -2.37. The molecule has 1 saturated heterocycles. The topological polar surface area (TPSA) is 153 Å². The SMILES string of the molecule is O=C(NCCN1C(=O)CSC1=O)c1cc([N+](=O)[O-])cc([N+](=O)[O-])c1. The van der Waals surface area contributed by atoms with Crippen molar-refractivity contribution >= 4 is 40.2 Å². The van der Waals surface area contributed by atoms with E-state index in [0.29, 0.717) is 0 Å². The number of hydrogen-bond acceptors (Lipinski definition) is 8. The second-order valence-corrected chi connectivity index (χ2v) is 5.53. The number of benzene rings is 1. The molecule has 1 N–H and O–H groups in total. The van der Waals surface area contributed by atoms with Crippen molar-refractivity contribution in [3.63, 3.8) is 0 Å². The summed E-state index contributed by atoms with van der Waals surface area (Å²) in [7, 11) is 0. The number of amides is 3. The molecule has 0 radical (unpaired) electrons. The second-order valence-electron chi connectivity index (χ2n) is 4.61. The highest BCUT2D eigenvalue weighted by molar-refractivity contribution is 8.14. The Bertz CT molecular complexity index is 703. The first-order valence-corrected chi connectivity index (χ1v) is 7.47. The fourth-order valence-corrected chi connectivity index (χ4v) is 2.67. The minimum absolute atomic E-state index is 0.0455. The van der Waals surface area contributed by atoms with Gasteiger partial charge in [0.1, 0.15) is 0 Å². The Morgan fingerprint density at radius 2 is 1.75 bits per heavy atom. The van der Waals surface area contributed by atoms with E-state index < -0.39 is 32.4 Å². The Morgan fingerprint density at radius 1 is 1.17 bits per heavy atom. The predicted octanol–water partition coefficient (Wildman–Crippen LogP) is 0.928. The molecule has 1 aliphatic heterocycles. The van der Waals surface area contributed by atoms with Crippen molar-refractivity contribution < 1.29 is 24.2 Å². The third kappa shape index (κ3) is 3.84. The van der Waals surface area contributed by atoms with E-state index in [0.717, 1.165) is 34.9 Å². The van der Waals surface area contributed by atoms with Gasteiger partial charge in [-0.05, 0) is 0 Å². The van der Waals surface area contributed by atoms with E-state index in [4.69, 9.17) is 0 Å². The van der Waals surface area contributed by atoms with E-state index in [-0.39, 0.29) is 30.3 Å². The number of hydrogen-bond donors (Lipinski definition) is 1. The quantitative estimate of drug-likeness (QED) is 0.584. The molecule has 2 rings (SSSR count). The van der Waals surface area contributed by atoms with Crippen LogP contribution in [0.5, 0.6) is 0 Å². The summed E-state index contributed by atoms with van der Waals surface area (Å²) in [6.45, 7) is -0.124. The molecule has 0 atom stereocenters. The maximum atomic E-state index is 12.0. The molecule has 0 aliphatic carbocycles. The number of non-ortho nitro benzene ring substituents is 2. The molecule has 1 aromatic rings. The molecule has 1 fully saturated rings. The standard InChI is InChI=1S/C12H10N4O7S/c17-10-6-24-12(19)14(10)2-1-13-11(18)7-3-8(15(20)21)5-9(4-7)16(22)23/h3-5H,1-2,6H2,(H,13,18). The second kappa shape index (κ2) is 7.04. The van der Waals surface area contributed by atoms with Gasteiger partial charge in [-0.3, -0.25) is 39.5 Å². The summed E-state index contributed by atoms with van der Waals surface area (Å²) in [5, 5.41) is 23.5. The van der Waals surface area contributed by atoms with Gasteiger partial charge >= 0.3 is 0 Å². The van der Waals surface area contributed by atoms with Gasteiger partial charge in [0, 0.05) is 25.2 Å². The van der Waals surface area contributed by atoms with Crippen LogP contribution in [0.4, 0.5) is 16.2 Å². The van der Waals surface area contributed by atoms with Gasteiger partial charge in [-0.2, -0.15) is 0 Å². The molecule has 3 amide bonds. The first-order valence-electron chi connectivity index (χ1n) is 6.49. The van der Waals surface area contributed by atoms with Gasteiger partial charge in [0.15, 0.2) is 0 Å². The molecule has 1 heterocycles. The largest absolute Gasteiger partial charge is 0.350 e. The van der Waals surface area contributed by atoms with E-state index >= 15 is 0 Å². The normalized spacial score (nSPS) is 13.9. The molecule has 0 unspecified atom stereocenters. The summed E-state index contributed by atoms with van der Waals surface area (Å²) in [5.74, 6) is -1.11. The Hall–Kier alpha value is -3.02. The Labute approximate surface area is 138 Å². The smallest absolute Gasteiger partial charge is 0.288 e. The lowest BCUT2D eigenvalue weighted by molar-refractivity contribution is -0.394. The number of carbonyl (C=O) groups excluding carboxylic acids is 3. The number of thioether (sulfide) groups is 1. The summed E-state index contributed by atoms with van der Waals surface area (Å²) < 4.78 is 0. The number of rotatable bonds is 6. The highest BCUT2D eigenvalue weighted by atomic mass is 32.2. The van der Waals surface area contributed by atoms with Crippen molar-refractivity contribution in [3.05, 3.63) is 44.0 Å². The summed E-state index contributed by atoms with van der Waals surface area (Å²) >= 11 is 0.854. The van der Waals surface area contributed by atoms with E-state index in [9.17, 15) is 34.6 Å². The molecule has 126 valence electrons. The Balaban J connectivity index is 2.06. The maximum absolute atomic E-state index is 12.0. The molecule has 0 saturated carbocycles. The van der Waals surface area contributed by atoms with Crippen molar-refractivity contribution in [2.45, 2.75) is 0 Å². The molecule has 0 spiro atoms. The molecule has 24 heavy (non-hydrogen) atoms. The number of nitro groups is 2. The molecule has 11 nitrogen and oxygen atoms in total. The van der Waals surface area contributed by atoms with Gasteiger partial charge in [-0.1, -0.05) is 11.8 Å². The zero-order valence-electron chi connectivity index (χ0n) is 12.0. The molecule has 0 bridgehead atoms. The van der Waals surface area contributed by atoms with Crippen LogP contribution in [0, 0.1) is 20.2 Å². The molecule has 12 heteroatoms. The van der Waals surface area contributed by atoms with Gasteiger partial charge in [-0.15, -0.1) is 0 Å². The summed E-state index contributed by atoms with van der Waals surface area (Å²) in [4.78, 5) is 55.6. The van der Waals surface area contributed by atoms with Crippen molar-refractivity contribution in [1.82, 2.24) is 10.2 Å². The zero-order chi connectivity index (χ0) is 17.9. The van der Waals surface area contributed by atoms with Crippen molar-refractivity contribution in [2.75, 3.05) is 18.8 Å². The van der Waals surface area contributed by atoms with Crippen molar-refractivity contribution in [3.8, 4) is 0 Å². The van der Waals surface area contributed by atoms with Crippen LogP contribution in [0.25, 0.3) is 0 Å².